The van der Waals surface area contributed by atoms with Crippen LogP contribution in [0.15, 0.2) is 24.3 Å². The monoisotopic (exact) mass is 252 g/mol. The number of hydrogen-bond donors (Lipinski definition) is 3. The molecule has 96 valence electrons. The van der Waals surface area contributed by atoms with E-state index in [2.05, 4.69) is 10.6 Å². The number of benzene rings is 1. The molecule has 0 aliphatic carbocycles. The molecule has 1 fully saturated rings. The Morgan fingerprint density at radius 3 is 3.06 bits per heavy atom. The number of amides is 2. The van der Waals surface area contributed by atoms with E-state index >= 15 is 0 Å². The average molecular weight is 252 g/mol. The second-order valence-electron chi connectivity index (χ2n) is 4.26. The van der Waals surface area contributed by atoms with E-state index < -0.39 is 5.82 Å². The molecule has 18 heavy (non-hydrogen) atoms. The number of carbonyl (C=O) groups is 2. The maximum Gasteiger partial charge on any atom is 0.279 e. The first-order chi connectivity index (χ1) is 8.63. The van der Waals surface area contributed by atoms with Crippen LogP contribution in [0.4, 0.5) is 10.1 Å². The Bertz CT molecular complexity index is 464. The maximum atomic E-state index is 12.9. The summed E-state index contributed by atoms with van der Waals surface area (Å²) in [7, 11) is 0. The molecular formula is C12H15FN3O2+. The molecule has 2 amide bonds. The van der Waals surface area contributed by atoms with Crippen LogP contribution in [0.2, 0.25) is 0 Å². The van der Waals surface area contributed by atoms with Crippen molar-refractivity contribution < 1.29 is 18.9 Å². The van der Waals surface area contributed by atoms with Gasteiger partial charge in [-0.2, -0.15) is 0 Å². The normalized spacial score (nSPS) is 19.2. The minimum Gasteiger partial charge on any atom is -0.346 e. The van der Waals surface area contributed by atoms with Crippen LogP contribution in [0.1, 0.15) is 0 Å². The number of hydrogen-bond acceptors (Lipinski definition) is 2. The third kappa shape index (κ3) is 3.53. The Labute approximate surface area is 104 Å². The van der Waals surface area contributed by atoms with Gasteiger partial charge in [0.25, 0.3) is 11.8 Å². The van der Waals surface area contributed by atoms with Crippen molar-refractivity contribution in [2.75, 3.05) is 31.5 Å². The number of rotatable bonds is 3. The Balaban J connectivity index is 1.86. The fourth-order valence-electron chi connectivity index (χ4n) is 1.91. The first-order valence-electron chi connectivity index (χ1n) is 5.79. The molecule has 2 rings (SSSR count). The van der Waals surface area contributed by atoms with Gasteiger partial charge in [-0.25, -0.2) is 4.39 Å². The predicted octanol–water partition coefficient (Wildman–Crippen LogP) is -1.22. The second kappa shape index (κ2) is 5.59. The largest absolute Gasteiger partial charge is 0.346 e. The lowest BCUT2D eigenvalue weighted by Crippen LogP contribution is -3.16. The van der Waals surface area contributed by atoms with Crippen LogP contribution in [0, 0.1) is 5.82 Å². The van der Waals surface area contributed by atoms with Gasteiger partial charge < -0.3 is 15.5 Å². The molecule has 5 nitrogen and oxygen atoms in total. The molecule has 1 aromatic carbocycles. The highest BCUT2D eigenvalue weighted by Gasteiger charge is 2.22. The molecule has 1 aromatic rings. The summed E-state index contributed by atoms with van der Waals surface area (Å²) in [5.41, 5.74) is 0.431. The molecule has 1 heterocycles. The highest BCUT2D eigenvalue weighted by Crippen LogP contribution is 2.08. The van der Waals surface area contributed by atoms with Crippen LogP contribution in [-0.4, -0.2) is 38.0 Å². The SMILES string of the molecule is O=C1C[NH+](CC(=O)Nc2cccc(F)c2)CCN1. The zero-order valence-electron chi connectivity index (χ0n) is 9.83. The second-order valence-corrected chi connectivity index (χ2v) is 4.26. The van der Waals surface area contributed by atoms with Gasteiger partial charge >= 0.3 is 0 Å². The minimum atomic E-state index is -0.391. The van der Waals surface area contributed by atoms with Crippen LogP contribution in [0.3, 0.4) is 0 Å². The fourth-order valence-corrected chi connectivity index (χ4v) is 1.91. The van der Waals surface area contributed by atoms with Crippen molar-refractivity contribution in [1.29, 1.82) is 0 Å². The van der Waals surface area contributed by atoms with E-state index in [1.165, 1.54) is 18.2 Å². The molecule has 0 spiro atoms. The van der Waals surface area contributed by atoms with Gasteiger partial charge in [-0.05, 0) is 18.2 Å². The summed E-state index contributed by atoms with van der Waals surface area (Å²) in [6.07, 6.45) is 0. The van der Waals surface area contributed by atoms with Crippen molar-refractivity contribution in [3.63, 3.8) is 0 Å². The third-order valence-electron chi connectivity index (χ3n) is 2.73. The highest BCUT2D eigenvalue weighted by atomic mass is 19.1. The molecule has 1 saturated heterocycles. The summed E-state index contributed by atoms with van der Waals surface area (Å²) in [6.45, 7) is 1.82. The first kappa shape index (κ1) is 12.5. The molecule has 1 aliphatic rings. The smallest absolute Gasteiger partial charge is 0.279 e. The Morgan fingerprint density at radius 1 is 1.50 bits per heavy atom. The van der Waals surface area contributed by atoms with Gasteiger partial charge in [0.05, 0.1) is 13.1 Å². The van der Waals surface area contributed by atoms with Crippen molar-refractivity contribution in [1.82, 2.24) is 5.32 Å². The van der Waals surface area contributed by atoms with Crippen LogP contribution < -0.4 is 15.5 Å². The van der Waals surface area contributed by atoms with E-state index in [4.69, 9.17) is 0 Å². The fraction of sp³-hybridized carbons (Fsp3) is 0.333. The lowest BCUT2D eigenvalue weighted by atomic mass is 10.3. The maximum absolute atomic E-state index is 12.9. The van der Waals surface area contributed by atoms with Gasteiger partial charge in [-0.3, -0.25) is 9.59 Å². The molecule has 3 N–H and O–H groups in total. The summed E-state index contributed by atoms with van der Waals surface area (Å²) in [6, 6.07) is 5.73. The van der Waals surface area contributed by atoms with Crippen molar-refractivity contribution in [3.05, 3.63) is 30.1 Å². The molecule has 0 bridgehead atoms. The Hall–Kier alpha value is -1.95. The number of piperazine rings is 1. The van der Waals surface area contributed by atoms with Crippen LogP contribution in [-0.2, 0) is 9.59 Å². The number of nitrogens with one attached hydrogen (secondary N) is 3. The molecule has 1 aliphatic heterocycles. The standard InChI is InChI=1S/C12H14FN3O2/c13-9-2-1-3-10(6-9)15-12(18)8-16-5-4-14-11(17)7-16/h1-3,6H,4-5,7-8H2,(H,14,17)(H,15,18)/p+1. The lowest BCUT2D eigenvalue weighted by Gasteiger charge is -2.22. The van der Waals surface area contributed by atoms with Gasteiger partial charge in [0.15, 0.2) is 13.1 Å². The highest BCUT2D eigenvalue weighted by molar-refractivity contribution is 5.91. The van der Waals surface area contributed by atoms with E-state index in [9.17, 15) is 14.0 Å². The predicted molar refractivity (Wildman–Crippen MR) is 63.6 cm³/mol. The van der Waals surface area contributed by atoms with E-state index in [1.54, 1.807) is 6.07 Å². The number of quaternary nitrogens is 1. The van der Waals surface area contributed by atoms with E-state index in [1.807, 2.05) is 0 Å². The number of anilines is 1. The molecule has 1 atom stereocenters. The third-order valence-corrected chi connectivity index (χ3v) is 2.73. The van der Waals surface area contributed by atoms with Gasteiger partial charge in [-0.1, -0.05) is 6.07 Å². The summed E-state index contributed by atoms with van der Waals surface area (Å²) in [5, 5.41) is 5.31. The molecule has 0 radical (unpaired) electrons. The molecule has 0 saturated carbocycles. The van der Waals surface area contributed by atoms with Crippen LogP contribution in [0.25, 0.3) is 0 Å². The summed E-state index contributed by atoms with van der Waals surface area (Å²) >= 11 is 0. The van der Waals surface area contributed by atoms with Gasteiger partial charge in [0, 0.05) is 5.69 Å². The van der Waals surface area contributed by atoms with Crippen LogP contribution >= 0.6 is 0 Å². The van der Waals surface area contributed by atoms with Crippen molar-refractivity contribution in [3.8, 4) is 0 Å². The Morgan fingerprint density at radius 2 is 2.33 bits per heavy atom. The van der Waals surface area contributed by atoms with E-state index in [0.717, 1.165) is 11.4 Å². The molecule has 1 unspecified atom stereocenters. The number of halogens is 1. The quantitative estimate of drug-likeness (QED) is 0.631. The molecule has 6 heteroatoms. The lowest BCUT2D eigenvalue weighted by molar-refractivity contribution is -0.885. The summed E-state index contributed by atoms with van der Waals surface area (Å²) < 4.78 is 12.9. The molecular weight excluding hydrogens is 237 g/mol. The average Bonchev–Trinajstić information content (AvgIpc) is 2.28. The van der Waals surface area contributed by atoms with E-state index in [0.29, 0.717) is 18.8 Å². The molecule has 0 aromatic heterocycles. The Kier molecular flexibility index (Phi) is 3.88. The summed E-state index contributed by atoms with van der Waals surface area (Å²) in [5.74, 6) is -0.655. The van der Waals surface area contributed by atoms with E-state index in [-0.39, 0.29) is 18.4 Å². The minimum absolute atomic E-state index is 0.0465. The first-order valence-corrected chi connectivity index (χ1v) is 5.79. The zero-order valence-corrected chi connectivity index (χ0v) is 9.83. The van der Waals surface area contributed by atoms with Gasteiger partial charge in [0.2, 0.25) is 0 Å². The van der Waals surface area contributed by atoms with Crippen molar-refractivity contribution >= 4 is 17.5 Å². The van der Waals surface area contributed by atoms with Crippen molar-refractivity contribution in [2.24, 2.45) is 0 Å². The zero-order chi connectivity index (χ0) is 13.0. The van der Waals surface area contributed by atoms with Crippen LogP contribution in [0.5, 0.6) is 0 Å². The van der Waals surface area contributed by atoms with Gasteiger partial charge in [-0.15, -0.1) is 0 Å². The topological polar surface area (TPSA) is 62.6 Å². The van der Waals surface area contributed by atoms with Gasteiger partial charge in [0.1, 0.15) is 5.82 Å². The number of carbonyl (C=O) groups excluding carboxylic acids is 2. The summed E-state index contributed by atoms with van der Waals surface area (Å²) in [4.78, 5) is 23.8. The van der Waals surface area contributed by atoms with Crippen molar-refractivity contribution in [2.45, 2.75) is 0 Å².